The van der Waals surface area contributed by atoms with E-state index in [1.165, 1.54) is 48.5 Å². The number of hydrogen-bond donors (Lipinski definition) is 3. The summed E-state index contributed by atoms with van der Waals surface area (Å²) in [5, 5.41) is 19.3. The Bertz CT molecular complexity index is 1210. The van der Waals surface area contributed by atoms with E-state index in [2.05, 4.69) is 0 Å². The number of hydrogen-bond acceptors (Lipinski definition) is 4. The highest BCUT2D eigenvalue weighted by atomic mass is 35.5. The fraction of sp³-hybridized carbons (Fsp3) is 0.0526. The van der Waals surface area contributed by atoms with Crippen molar-refractivity contribution in [3.63, 3.8) is 0 Å². The lowest BCUT2D eigenvalue weighted by Crippen LogP contribution is -2.39. The smallest absolute Gasteiger partial charge is 0.283 e. The first-order valence-electron chi connectivity index (χ1n) is 7.89. The van der Waals surface area contributed by atoms with Gasteiger partial charge in [0.25, 0.3) is 10.1 Å². The van der Waals surface area contributed by atoms with Crippen molar-refractivity contribution in [2.24, 2.45) is 0 Å². The van der Waals surface area contributed by atoms with Gasteiger partial charge in [0.2, 0.25) is 0 Å². The fourth-order valence-corrected chi connectivity index (χ4v) is 5.89. The van der Waals surface area contributed by atoms with E-state index in [0.29, 0.717) is 0 Å². The van der Waals surface area contributed by atoms with Gasteiger partial charge in [-0.3, -0.25) is 4.55 Å². The third-order valence-electron chi connectivity index (χ3n) is 4.37. The second-order valence-electron chi connectivity index (χ2n) is 6.09. The van der Waals surface area contributed by atoms with Crippen LogP contribution in [-0.4, -0.2) is 23.2 Å². The second-order valence-corrected chi connectivity index (χ2v) is 9.28. The molecule has 0 spiro atoms. The number of aromatic hydroxyl groups is 2. The number of benzene rings is 3. The van der Waals surface area contributed by atoms with Crippen LogP contribution in [-0.2, 0) is 14.9 Å². The monoisotopic (exact) mass is 492 g/mol. The molecule has 0 aromatic heterocycles. The molecule has 10 heteroatoms. The number of rotatable bonds is 4. The predicted molar refractivity (Wildman–Crippen MR) is 114 cm³/mol. The third kappa shape index (κ3) is 3.65. The Morgan fingerprint density at radius 2 is 1.52 bits per heavy atom. The molecule has 0 aliphatic rings. The van der Waals surface area contributed by atoms with Gasteiger partial charge in [-0.25, -0.2) is 0 Å². The Morgan fingerprint density at radius 1 is 0.828 bits per heavy atom. The molecule has 1 atom stereocenters. The standard InChI is InChI=1S/C19H12Cl4O5S/c20-11-3-1-2-10(8-11)19(29(26,27)28,13-5-4-12(24)9-15(13)22)17-14(21)6-7-16(25)18(17)23/h1-9,24-25H,(H,26,27,28). The summed E-state index contributed by atoms with van der Waals surface area (Å²) in [5.74, 6) is -0.696. The quantitative estimate of drug-likeness (QED) is 0.311. The molecule has 3 aromatic carbocycles. The van der Waals surface area contributed by atoms with Gasteiger partial charge in [-0.15, -0.1) is 0 Å². The number of halogens is 4. The maximum atomic E-state index is 13.0. The zero-order valence-electron chi connectivity index (χ0n) is 14.3. The summed E-state index contributed by atoms with van der Waals surface area (Å²) in [4.78, 5) is 0. The molecular weight excluding hydrogens is 482 g/mol. The van der Waals surface area contributed by atoms with Gasteiger partial charge in [-0.05, 0) is 42.0 Å². The Kier molecular flexibility index (Phi) is 5.98. The van der Waals surface area contributed by atoms with Gasteiger partial charge in [0, 0.05) is 26.2 Å². The van der Waals surface area contributed by atoms with Gasteiger partial charge in [0.05, 0.1) is 5.02 Å². The SMILES string of the molecule is O=S(=O)(O)C(c1cccc(Cl)c1)(c1ccc(O)cc1Cl)c1c(Cl)ccc(O)c1Cl. The molecule has 3 aromatic rings. The molecule has 0 amide bonds. The van der Waals surface area contributed by atoms with Crippen LogP contribution in [0.25, 0.3) is 0 Å². The lowest BCUT2D eigenvalue weighted by atomic mass is 9.83. The molecule has 3 rings (SSSR count). The maximum Gasteiger partial charge on any atom is 0.283 e. The molecule has 29 heavy (non-hydrogen) atoms. The fourth-order valence-electron chi connectivity index (χ4n) is 3.21. The Hall–Kier alpha value is -1.67. The van der Waals surface area contributed by atoms with Crippen LogP contribution >= 0.6 is 46.4 Å². The van der Waals surface area contributed by atoms with Crippen LogP contribution in [0.2, 0.25) is 20.1 Å². The highest BCUT2D eigenvalue weighted by Gasteiger charge is 2.52. The average Bonchev–Trinajstić information content (AvgIpc) is 2.62. The molecule has 0 fully saturated rings. The van der Waals surface area contributed by atoms with E-state index in [9.17, 15) is 23.2 Å². The van der Waals surface area contributed by atoms with Crippen molar-refractivity contribution >= 4 is 56.5 Å². The van der Waals surface area contributed by atoms with Crippen LogP contribution in [0.4, 0.5) is 0 Å². The van der Waals surface area contributed by atoms with Crippen LogP contribution in [0.3, 0.4) is 0 Å². The van der Waals surface area contributed by atoms with Crippen molar-refractivity contribution in [3.8, 4) is 11.5 Å². The Morgan fingerprint density at radius 3 is 2.10 bits per heavy atom. The van der Waals surface area contributed by atoms with Gasteiger partial charge < -0.3 is 10.2 Å². The molecule has 0 saturated carbocycles. The zero-order chi connectivity index (χ0) is 21.6. The van der Waals surface area contributed by atoms with Gasteiger partial charge in [0.15, 0.2) is 4.75 Å². The van der Waals surface area contributed by atoms with Crippen LogP contribution in [0.5, 0.6) is 11.5 Å². The van der Waals surface area contributed by atoms with Crippen molar-refractivity contribution in [3.05, 3.63) is 91.4 Å². The summed E-state index contributed by atoms with van der Waals surface area (Å²) >= 11 is 25.0. The van der Waals surface area contributed by atoms with Crippen molar-refractivity contribution in [1.29, 1.82) is 0 Å². The summed E-state index contributed by atoms with van der Waals surface area (Å²) in [5.41, 5.74) is -0.510. The highest BCUT2D eigenvalue weighted by Crippen LogP contribution is 2.53. The molecule has 3 N–H and O–H groups in total. The van der Waals surface area contributed by atoms with E-state index in [-0.39, 0.29) is 37.5 Å². The first kappa shape index (κ1) is 22.0. The summed E-state index contributed by atoms with van der Waals surface area (Å²) in [7, 11) is -5.10. The lowest BCUT2D eigenvalue weighted by Gasteiger charge is -2.34. The minimum atomic E-state index is -5.10. The highest BCUT2D eigenvalue weighted by molar-refractivity contribution is 7.87. The minimum absolute atomic E-state index is 0.0329. The van der Waals surface area contributed by atoms with E-state index in [0.717, 1.165) is 6.07 Å². The van der Waals surface area contributed by atoms with Crippen LogP contribution < -0.4 is 0 Å². The zero-order valence-corrected chi connectivity index (χ0v) is 18.1. The van der Waals surface area contributed by atoms with Gasteiger partial charge in [-0.2, -0.15) is 8.42 Å². The molecule has 0 radical (unpaired) electrons. The predicted octanol–water partition coefficient (Wildman–Crippen LogP) is 5.89. The van der Waals surface area contributed by atoms with Gasteiger partial charge in [-0.1, -0.05) is 64.6 Å². The van der Waals surface area contributed by atoms with Gasteiger partial charge in [0.1, 0.15) is 11.5 Å². The van der Waals surface area contributed by atoms with Crippen molar-refractivity contribution in [1.82, 2.24) is 0 Å². The first-order valence-corrected chi connectivity index (χ1v) is 10.8. The Balaban J connectivity index is 2.65. The lowest BCUT2D eigenvalue weighted by molar-refractivity contribution is 0.455. The first-order chi connectivity index (χ1) is 13.5. The van der Waals surface area contributed by atoms with Crippen LogP contribution in [0.1, 0.15) is 16.7 Å². The molecule has 0 saturated heterocycles. The third-order valence-corrected chi connectivity index (χ3v) is 7.05. The molecule has 5 nitrogen and oxygen atoms in total. The summed E-state index contributed by atoms with van der Waals surface area (Å²) in [6, 6.07) is 11.6. The topological polar surface area (TPSA) is 94.8 Å². The van der Waals surface area contributed by atoms with E-state index >= 15 is 0 Å². The number of phenols is 2. The summed E-state index contributed by atoms with van der Waals surface area (Å²) in [6.45, 7) is 0. The van der Waals surface area contributed by atoms with Crippen molar-refractivity contribution < 1.29 is 23.2 Å². The maximum absolute atomic E-state index is 13.0. The van der Waals surface area contributed by atoms with Crippen LogP contribution in [0.15, 0.2) is 54.6 Å². The molecule has 0 bridgehead atoms. The van der Waals surface area contributed by atoms with E-state index in [4.69, 9.17) is 46.4 Å². The van der Waals surface area contributed by atoms with Crippen molar-refractivity contribution in [2.45, 2.75) is 4.75 Å². The average molecular weight is 494 g/mol. The molecule has 0 heterocycles. The number of phenolic OH excluding ortho intramolecular Hbond substituents is 2. The Labute approximate surface area is 186 Å². The van der Waals surface area contributed by atoms with Crippen LogP contribution in [0, 0.1) is 0 Å². The molecule has 1 unspecified atom stereocenters. The second kappa shape index (κ2) is 7.87. The molecule has 0 aliphatic heterocycles. The largest absolute Gasteiger partial charge is 0.508 e. The van der Waals surface area contributed by atoms with Crippen molar-refractivity contribution in [2.75, 3.05) is 0 Å². The molecular formula is C19H12Cl4O5S. The van der Waals surface area contributed by atoms with E-state index < -0.39 is 25.6 Å². The summed E-state index contributed by atoms with van der Waals surface area (Å²) < 4.78 is 34.1. The van der Waals surface area contributed by atoms with E-state index in [1.807, 2.05) is 0 Å². The minimum Gasteiger partial charge on any atom is -0.508 e. The molecule has 0 aliphatic carbocycles. The summed E-state index contributed by atoms with van der Waals surface area (Å²) in [6.07, 6.45) is 0. The molecule has 152 valence electrons. The van der Waals surface area contributed by atoms with E-state index in [1.54, 1.807) is 0 Å². The normalized spacial score (nSPS) is 13.8. The van der Waals surface area contributed by atoms with Gasteiger partial charge >= 0.3 is 0 Å².